The quantitative estimate of drug-likeness (QED) is 0.315. The van der Waals surface area contributed by atoms with Crippen LogP contribution < -0.4 is 10.6 Å². The van der Waals surface area contributed by atoms with Gasteiger partial charge >= 0.3 is 12.1 Å². The normalized spacial score (nSPS) is 26.3. The number of nitrogens with one attached hydrogen (secondary N) is 2. The summed E-state index contributed by atoms with van der Waals surface area (Å²) in [5.41, 5.74) is 1.21. The maximum absolute atomic E-state index is 12.9. The first kappa shape index (κ1) is 28.6. The number of piperidine rings is 1. The molecule has 1 aliphatic heterocycles. The Labute approximate surface area is 240 Å². The van der Waals surface area contributed by atoms with Crippen molar-refractivity contribution in [2.45, 2.75) is 70.9 Å². The van der Waals surface area contributed by atoms with E-state index >= 15 is 0 Å². The van der Waals surface area contributed by atoms with E-state index in [4.69, 9.17) is 19.6 Å². The van der Waals surface area contributed by atoms with E-state index in [1.165, 1.54) is 7.11 Å². The molecule has 5 rings (SSSR count). The van der Waals surface area contributed by atoms with Gasteiger partial charge in [0.25, 0.3) is 0 Å². The molecule has 41 heavy (non-hydrogen) atoms. The Balaban J connectivity index is 1.34. The van der Waals surface area contributed by atoms with E-state index in [1.54, 1.807) is 10.6 Å². The van der Waals surface area contributed by atoms with Gasteiger partial charge in [0.2, 0.25) is 5.91 Å². The molecule has 2 aliphatic rings. The van der Waals surface area contributed by atoms with Gasteiger partial charge in [-0.15, -0.1) is 0 Å². The van der Waals surface area contributed by atoms with Crippen molar-refractivity contribution in [1.29, 1.82) is 0 Å². The lowest BCUT2D eigenvalue weighted by atomic mass is 9.72. The summed E-state index contributed by atoms with van der Waals surface area (Å²) < 4.78 is 12.3. The smallest absolute Gasteiger partial charge is 0.407 e. The Morgan fingerprint density at radius 2 is 1.80 bits per heavy atom. The molecule has 2 aromatic heterocycles. The second kappa shape index (κ2) is 11.9. The van der Waals surface area contributed by atoms with Crippen molar-refractivity contribution < 1.29 is 23.9 Å². The number of hydrogen-bond acceptors (Lipinski definition) is 7. The Morgan fingerprint density at radius 1 is 1.05 bits per heavy atom. The molecule has 2 N–H and O–H groups in total. The molecule has 218 valence electrons. The number of ether oxygens (including phenoxy) is 2. The number of rotatable bonds is 8. The number of methoxy groups -OCH3 is 1. The number of esters is 1. The molecular weight excluding hydrogens is 522 g/mol. The van der Waals surface area contributed by atoms with Crippen LogP contribution in [0.2, 0.25) is 0 Å². The fourth-order valence-electron chi connectivity index (χ4n) is 6.23. The average molecular weight is 562 g/mol. The fraction of sp³-hybridized carbons (Fsp3) is 0.516. The number of nitrogens with zero attached hydrogens (tertiary/aromatic N) is 3. The maximum Gasteiger partial charge on any atom is 0.407 e. The number of benzene rings is 1. The van der Waals surface area contributed by atoms with Gasteiger partial charge in [-0.3, -0.25) is 9.59 Å². The molecule has 2 unspecified atom stereocenters. The van der Waals surface area contributed by atoms with Crippen LogP contribution >= 0.6 is 0 Å². The predicted molar refractivity (Wildman–Crippen MR) is 152 cm³/mol. The fourth-order valence-corrected chi connectivity index (χ4v) is 6.23. The molecule has 2 atom stereocenters. The Hall–Kier alpha value is -3.95. The maximum atomic E-state index is 12.9. The summed E-state index contributed by atoms with van der Waals surface area (Å²) in [4.78, 5) is 43.4. The van der Waals surface area contributed by atoms with Crippen LogP contribution in [0.1, 0.15) is 62.9 Å². The van der Waals surface area contributed by atoms with Gasteiger partial charge in [-0.05, 0) is 61.6 Å². The predicted octanol–water partition coefficient (Wildman–Crippen LogP) is 4.01. The number of carbonyl (C=O) groups excluding carboxylic acids is 3. The van der Waals surface area contributed by atoms with Crippen LogP contribution in [0.4, 0.5) is 4.79 Å². The highest BCUT2D eigenvalue weighted by Gasteiger charge is 2.50. The first-order valence-electron chi connectivity index (χ1n) is 14.4. The van der Waals surface area contributed by atoms with Crippen molar-refractivity contribution in [2.24, 2.45) is 17.3 Å². The van der Waals surface area contributed by atoms with Crippen LogP contribution in [0.3, 0.4) is 0 Å². The molecule has 2 amide bonds. The van der Waals surface area contributed by atoms with Gasteiger partial charge in [0, 0.05) is 24.9 Å². The molecule has 0 bridgehead atoms. The third-order valence-electron chi connectivity index (χ3n) is 8.56. The summed E-state index contributed by atoms with van der Waals surface area (Å²) in [7, 11) is 1.31. The topological polar surface area (TPSA) is 124 Å². The molecule has 10 nitrogen and oxygen atoms in total. The van der Waals surface area contributed by atoms with Gasteiger partial charge in [0.15, 0.2) is 11.1 Å². The standard InChI is InChI=1S/C31H39N5O5/c1-21-11-13-30(14-12-21,34-29(39)41-20-23-7-5-4-6-8-23)16-25-19-36-26(33-25)10-9-24(35-36)17-31(28(38)40-3)15-22(2)18-32-27(31)37/h4-10,19,21-22H,11-18,20H2,1-3H3,(H,32,37)(H,34,39). The first-order chi connectivity index (χ1) is 19.7. The third-order valence-corrected chi connectivity index (χ3v) is 8.56. The van der Waals surface area contributed by atoms with E-state index in [0.29, 0.717) is 36.6 Å². The summed E-state index contributed by atoms with van der Waals surface area (Å²) in [5.74, 6) is -0.142. The lowest BCUT2D eigenvalue weighted by Crippen LogP contribution is -2.55. The van der Waals surface area contributed by atoms with Gasteiger partial charge in [-0.1, -0.05) is 44.2 Å². The van der Waals surface area contributed by atoms with E-state index in [9.17, 15) is 14.4 Å². The second-order valence-electron chi connectivity index (χ2n) is 12.0. The summed E-state index contributed by atoms with van der Waals surface area (Å²) in [5, 5.41) is 10.8. The largest absolute Gasteiger partial charge is 0.468 e. The van der Waals surface area contributed by atoms with Gasteiger partial charge in [0.05, 0.1) is 24.7 Å². The Bertz CT molecular complexity index is 1390. The minimum absolute atomic E-state index is 0.135. The molecule has 0 radical (unpaired) electrons. The number of hydrogen-bond donors (Lipinski definition) is 2. The van der Waals surface area contributed by atoms with Gasteiger partial charge < -0.3 is 20.1 Å². The van der Waals surface area contributed by atoms with Crippen LogP contribution in [-0.2, 0) is 38.5 Å². The monoisotopic (exact) mass is 561 g/mol. The van der Waals surface area contributed by atoms with E-state index in [2.05, 4.69) is 17.6 Å². The van der Waals surface area contributed by atoms with Crippen molar-refractivity contribution in [3.8, 4) is 0 Å². The number of alkyl carbamates (subject to hydrolysis) is 1. The zero-order valence-corrected chi connectivity index (χ0v) is 24.0. The van der Waals surface area contributed by atoms with Gasteiger partial charge in [-0.25, -0.2) is 14.3 Å². The lowest BCUT2D eigenvalue weighted by molar-refractivity contribution is -0.162. The molecule has 1 saturated heterocycles. The number of aromatic nitrogens is 3. The lowest BCUT2D eigenvalue weighted by Gasteiger charge is -2.39. The van der Waals surface area contributed by atoms with Crippen LogP contribution in [-0.4, -0.2) is 51.8 Å². The summed E-state index contributed by atoms with van der Waals surface area (Å²) >= 11 is 0. The van der Waals surface area contributed by atoms with Crippen molar-refractivity contribution in [3.63, 3.8) is 0 Å². The molecule has 3 heterocycles. The summed E-state index contributed by atoms with van der Waals surface area (Å²) in [6, 6.07) is 13.3. The van der Waals surface area contributed by atoms with Crippen molar-refractivity contribution in [1.82, 2.24) is 25.2 Å². The number of amides is 2. The highest BCUT2D eigenvalue weighted by Crippen LogP contribution is 2.36. The third kappa shape index (κ3) is 6.36. The number of carbonyl (C=O) groups is 3. The summed E-state index contributed by atoms with van der Waals surface area (Å²) in [6.45, 7) is 4.99. The Kier molecular flexibility index (Phi) is 8.28. The second-order valence-corrected chi connectivity index (χ2v) is 12.0. The van der Waals surface area contributed by atoms with E-state index in [1.807, 2.05) is 49.5 Å². The van der Waals surface area contributed by atoms with Crippen LogP contribution in [0.15, 0.2) is 48.7 Å². The molecule has 3 aromatic rings. The van der Waals surface area contributed by atoms with Gasteiger partial charge in [0.1, 0.15) is 6.61 Å². The molecule has 0 spiro atoms. The molecule has 1 saturated carbocycles. The average Bonchev–Trinajstić information content (AvgIpc) is 3.36. The SMILES string of the molecule is COC(=O)C1(Cc2ccc3nc(CC4(NC(=O)OCc5ccccc5)CCC(C)CC4)cn3n2)CC(C)CNC1=O. The first-order valence-corrected chi connectivity index (χ1v) is 14.4. The van der Waals surface area contributed by atoms with Gasteiger partial charge in [-0.2, -0.15) is 5.10 Å². The van der Waals surface area contributed by atoms with E-state index in [0.717, 1.165) is 36.9 Å². The van der Waals surface area contributed by atoms with E-state index < -0.39 is 23.0 Å². The van der Waals surface area contributed by atoms with Crippen LogP contribution in [0.25, 0.3) is 5.65 Å². The Morgan fingerprint density at radius 3 is 2.54 bits per heavy atom. The zero-order valence-electron chi connectivity index (χ0n) is 24.0. The number of imidazole rings is 1. The minimum atomic E-state index is -1.32. The van der Waals surface area contributed by atoms with Crippen molar-refractivity contribution in [3.05, 3.63) is 65.6 Å². The zero-order chi connectivity index (χ0) is 29.0. The number of fused-ring (bicyclic) bond motifs is 1. The molecule has 10 heteroatoms. The summed E-state index contributed by atoms with van der Waals surface area (Å²) in [6.07, 6.45) is 6.18. The molecule has 1 aliphatic carbocycles. The minimum Gasteiger partial charge on any atom is -0.468 e. The highest BCUT2D eigenvalue weighted by molar-refractivity contribution is 6.03. The molecular formula is C31H39N5O5. The van der Waals surface area contributed by atoms with Crippen molar-refractivity contribution >= 4 is 23.6 Å². The van der Waals surface area contributed by atoms with Crippen LogP contribution in [0.5, 0.6) is 0 Å². The molecule has 2 fully saturated rings. The molecule has 1 aromatic carbocycles. The van der Waals surface area contributed by atoms with Crippen LogP contribution in [0, 0.1) is 17.3 Å². The van der Waals surface area contributed by atoms with Crippen molar-refractivity contribution in [2.75, 3.05) is 13.7 Å². The van der Waals surface area contributed by atoms with E-state index in [-0.39, 0.29) is 24.9 Å². The highest BCUT2D eigenvalue weighted by atomic mass is 16.5.